The second-order valence-electron chi connectivity index (χ2n) is 14.9. The third kappa shape index (κ3) is 25.7. The summed E-state index contributed by atoms with van der Waals surface area (Å²) in [6.07, 6.45) is 25.4. The van der Waals surface area contributed by atoms with Gasteiger partial charge in [-0.05, 0) is 97.1 Å². The number of rotatable bonds is 23. The predicted octanol–water partition coefficient (Wildman–Crippen LogP) is 13.0. The van der Waals surface area contributed by atoms with Gasteiger partial charge in [0.2, 0.25) is 5.91 Å². The van der Waals surface area contributed by atoms with Crippen LogP contribution in [0.5, 0.6) is 0 Å². The highest BCUT2D eigenvalue weighted by atomic mass is 79.9. The van der Waals surface area contributed by atoms with E-state index < -0.39 is 0 Å². The van der Waals surface area contributed by atoms with Gasteiger partial charge in [0.1, 0.15) is 22.1 Å². The van der Waals surface area contributed by atoms with Crippen molar-refractivity contribution < 1.29 is 19.5 Å². The molecule has 0 aliphatic heterocycles. The van der Waals surface area contributed by atoms with E-state index in [-0.39, 0.29) is 11.9 Å². The lowest BCUT2D eigenvalue weighted by atomic mass is 10.1. The number of nitrogens with zero attached hydrogens (tertiary/aromatic N) is 10. The number of aromatic nitrogens is 8. The molecule has 0 saturated heterocycles. The highest BCUT2D eigenvalue weighted by molar-refractivity contribution is 9.10. The number of nitrogens with two attached hydrogens (primary N) is 1. The molecule has 0 atom stereocenters. The third-order valence-electron chi connectivity index (χ3n) is 9.54. The molecule has 0 spiro atoms. The number of unbranched alkanes of at least 4 members (excludes halogenated alkanes) is 8. The lowest BCUT2D eigenvalue weighted by molar-refractivity contribution is -0.143. The molecule has 5 N–H and O–H groups in total. The molecule has 8 aromatic heterocycles. The Bertz CT molecular complexity index is 2490. The maximum atomic E-state index is 11.3. The summed E-state index contributed by atoms with van der Waals surface area (Å²) in [5.41, 5.74) is 6.84. The van der Waals surface area contributed by atoms with E-state index in [1.165, 1.54) is 11.3 Å². The molecule has 1 amide bonds. The van der Waals surface area contributed by atoms with Crippen LogP contribution in [0.25, 0.3) is 0 Å². The van der Waals surface area contributed by atoms with Crippen LogP contribution < -0.4 is 26.3 Å². The Labute approximate surface area is 446 Å². The average Bonchev–Trinajstić information content (AvgIpc) is 4.29. The molecule has 0 radical (unpaired) electrons. The van der Waals surface area contributed by atoms with Crippen LogP contribution in [0.1, 0.15) is 84.0 Å². The van der Waals surface area contributed by atoms with E-state index in [2.05, 4.69) is 70.9 Å². The molecule has 8 aromatic rings. The van der Waals surface area contributed by atoms with Crippen LogP contribution >= 0.6 is 61.3 Å². The fraction of sp³-hybridized carbons (Fsp3) is 0.320. The minimum Gasteiger partial charge on any atom is -0.466 e. The Hall–Kier alpha value is -6.30. The van der Waals surface area contributed by atoms with Crippen molar-refractivity contribution in [3.05, 3.63) is 148 Å². The van der Waals surface area contributed by atoms with Gasteiger partial charge in [0.15, 0.2) is 20.5 Å². The van der Waals surface area contributed by atoms with Crippen LogP contribution in [0.3, 0.4) is 0 Å². The predicted molar refractivity (Wildman–Crippen MR) is 297 cm³/mol. The summed E-state index contributed by atoms with van der Waals surface area (Å²) in [5.74, 6) is 2.29. The molecule has 8 heterocycles. The molecular weight excluding hydrogens is 1050 g/mol. The Morgan fingerprint density at radius 2 is 1.07 bits per heavy atom. The van der Waals surface area contributed by atoms with Crippen LogP contribution in [-0.4, -0.2) is 76.7 Å². The first-order chi connectivity index (χ1) is 35.4. The number of thiazole rings is 4. The van der Waals surface area contributed by atoms with E-state index >= 15 is 0 Å². The first-order valence-electron chi connectivity index (χ1n) is 23.4. The third-order valence-corrected chi connectivity index (χ3v) is 12.9. The number of hydrogen-bond donors (Lipinski definition) is 4. The van der Waals surface area contributed by atoms with Crippen LogP contribution in [0.2, 0.25) is 0 Å². The number of anilines is 7. The number of ether oxygens (including phenoxy) is 1. The number of hydroxylamine groups is 1. The smallest absolute Gasteiger partial charge is 0.305 e. The molecule has 0 aromatic carbocycles. The summed E-state index contributed by atoms with van der Waals surface area (Å²) in [5, 5.41) is 22.7. The fourth-order valence-electron chi connectivity index (χ4n) is 6.19. The molecular formula is C50H62BrN13O4S4. The maximum absolute atomic E-state index is 11.3. The zero-order chi connectivity index (χ0) is 51.1. The number of halogens is 1. The van der Waals surface area contributed by atoms with Crippen molar-refractivity contribution in [3.8, 4) is 0 Å². The average molecular weight is 1120 g/mol. The molecule has 22 heteroatoms. The normalized spacial score (nSPS) is 10.0. The van der Waals surface area contributed by atoms with E-state index in [9.17, 15) is 9.59 Å². The Kier molecular flexibility index (Phi) is 30.3. The van der Waals surface area contributed by atoms with Crippen LogP contribution in [0.4, 0.5) is 38.0 Å². The Morgan fingerprint density at radius 3 is 1.47 bits per heavy atom. The van der Waals surface area contributed by atoms with Crippen molar-refractivity contribution in [2.75, 3.05) is 40.5 Å². The molecule has 8 rings (SSSR count). The molecule has 0 aliphatic rings. The SMILES string of the molecule is Brc1ccccn1.CCOC(=O)CCCCCCCN(c1ccccn1)c1nccs1.Nc1nccs1.O=C(CCCCCCCN(c1ccccn1)c1nccs1)NO.c1ccc(Nc2nccs2)nc1. The van der Waals surface area contributed by atoms with Gasteiger partial charge in [-0.2, -0.15) is 0 Å². The van der Waals surface area contributed by atoms with Gasteiger partial charge >= 0.3 is 5.97 Å². The molecule has 0 saturated carbocycles. The summed E-state index contributed by atoms with van der Waals surface area (Å²) >= 11 is 9.44. The second-order valence-corrected chi connectivity index (χ2v) is 19.3. The van der Waals surface area contributed by atoms with Crippen molar-refractivity contribution in [1.29, 1.82) is 0 Å². The van der Waals surface area contributed by atoms with E-state index in [0.717, 1.165) is 115 Å². The highest BCUT2D eigenvalue weighted by Gasteiger charge is 2.13. The lowest BCUT2D eigenvalue weighted by Crippen LogP contribution is -2.19. The minimum absolute atomic E-state index is 0.0809. The van der Waals surface area contributed by atoms with E-state index in [0.29, 0.717) is 24.6 Å². The molecule has 0 fully saturated rings. The number of nitrogens with one attached hydrogen (secondary N) is 2. The topological polar surface area (TPSA) is 223 Å². The first kappa shape index (κ1) is 58.3. The van der Waals surface area contributed by atoms with Crippen LogP contribution in [-0.2, 0) is 14.3 Å². The van der Waals surface area contributed by atoms with Gasteiger partial charge in [0.05, 0.1) is 6.61 Å². The summed E-state index contributed by atoms with van der Waals surface area (Å²) in [6, 6.07) is 23.2. The zero-order valence-electron chi connectivity index (χ0n) is 40.2. The number of esters is 1. The van der Waals surface area contributed by atoms with Gasteiger partial charge in [0.25, 0.3) is 0 Å². The second kappa shape index (κ2) is 37.5. The van der Waals surface area contributed by atoms with Gasteiger partial charge in [0, 0.05) is 97.0 Å². The largest absolute Gasteiger partial charge is 0.466 e. The van der Waals surface area contributed by atoms with Gasteiger partial charge in [-0.15, -0.1) is 45.3 Å². The quantitative estimate of drug-likeness (QED) is 0.0154. The van der Waals surface area contributed by atoms with Gasteiger partial charge in [-0.25, -0.2) is 45.4 Å². The standard InChI is InChI=1S/C18H25N3O2S.C16H22N4O2S.C8H7N3S.C5H4BrN.C3H4N2S/c1-2-23-17(22)11-6-4-3-5-9-14-21(18-20-13-15-24-18)16-10-7-8-12-19-16;21-15(19-22)9-4-2-1-3-7-12-20(16-18-11-13-23-16)14-8-5-6-10-17-14;1-2-4-9-7(3-1)11-8-10-5-6-12-8;6-5-3-1-2-4-7-5;4-3-5-1-2-6-3/h7-8,10,12-13,15H,2-6,9,11,14H2,1H3;5-6,8,10-11,13,22H,1-4,7,9,12H2,(H,19,21);1-6H,(H,9,10,11);1-4H;1-2H,(H2,4,5). The molecule has 17 nitrogen and oxygen atoms in total. The van der Waals surface area contributed by atoms with E-state index in [1.807, 2.05) is 120 Å². The van der Waals surface area contributed by atoms with Crippen molar-refractivity contribution in [2.24, 2.45) is 0 Å². The summed E-state index contributed by atoms with van der Waals surface area (Å²) in [6.45, 7) is 4.09. The monoisotopic (exact) mass is 1120 g/mol. The fourth-order valence-corrected chi connectivity index (χ4v) is 8.74. The van der Waals surface area contributed by atoms with Crippen molar-refractivity contribution in [2.45, 2.75) is 84.0 Å². The van der Waals surface area contributed by atoms with Gasteiger partial charge in [-0.1, -0.05) is 62.8 Å². The molecule has 382 valence electrons. The van der Waals surface area contributed by atoms with E-state index in [1.54, 1.807) is 70.5 Å². The number of carbonyl (C=O) groups is 2. The highest BCUT2D eigenvalue weighted by Crippen LogP contribution is 2.27. The number of nitrogen functional groups attached to an aromatic ring is 1. The number of carbonyl (C=O) groups excluding carboxylic acids is 2. The summed E-state index contributed by atoms with van der Waals surface area (Å²) in [4.78, 5) is 59.9. The number of pyridine rings is 4. The number of hydrogen-bond acceptors (Lipinski definition) is 20. The molecule has 0 aliphatic carbocycles. The van der Waals surface area contributed by atoms with Gasteiger partial charge in [-0.3, -0.25) is 14.8 Å². The van der Waals surface area contributed by atoms with Crippen molar-refractivity contribution in [3.63, 3.8) is 0 Å². The van der Waals surface area contributed by atoms with Crippen molar-refractivity contribution in [1.82, 2.24) is 45.4 Å². The van der Waals surface area contributed by atoms with Crippen LogP contribution in [0, 0.1) is 0 Å². The maximum Gasteiger partial charge on any atom is 0.305 e. The minimum atomic E-state index is -0.310. The van der Waals surface area contributed by atoms with Crippen molar-refractivity contribution >= 4 is 111 Å². The lowest BCUT2D eigenvalue weighted by Gasteiger charge is -2.20. The molecule has 72 heavy (non-hydrogen) atoms. The first-order valence-corrected chi connectivity index (χ1v) is 27.7. The molecule has 0 bridgehead atoms. The van der Waals surface area contributed by atoms with E-state index in [4.69, 9.17) is 15.7 Å². The molecule has 0 unspecified atom stereocenters. The Morgan fingerprint density at radius 1 is 0.569 bits per heavy atom. The Balaban J connectivity index is 0.000000214. The summed E-state index contributed by atoms with van der Waals surface area (Å²) in [7, 11) is 0. The number of amides is 1. The van der Waals surface area contributed by atoms with Gasteiger partial charge < -0.3 is 25.6 Å². The zero-order valence-corrected chi connectivity index (χ0v) is 45.0. The van der Waals surface area contributed by atoms with Crippen LogP contribution in [0.15, 0.2) is 148 Å². The summed E-state index contributed by atoms with van der Waals surface area (Å²) < 4.78 is 5.82.